The van der Waals surface area contributed by atoms with E-state index in [1.807, 2.05) is 0 Å². The zero-order valence-electron chi connectivity index (χ0n) is 33.8. The normalized spacial score (nSPS) is 12.6. The van der Waals surface area contributed by atoms with Gasteiger partial charge >= 0.3 is 28.0 Å². The van der Waals surface area contributed by atoms with E-state index in [1.165, 1.54) is 12.1 Å². The number of rotatable bonds is 15. The number of esters is 3. The molecule has 4 aromatic carbocycles. The lowest BCUT2D eigenvalue weighted by molar-refractivity contribution is -0.158. The molecule has 16 heteroatoms. The van der Waals surface area contributed by atoms with Crippen molar-refractivity contribution in [3.8, 4) is 17.2 Å². The maximum absolute atomic E-state index is 15.4. The Kier molecular flexibility index (Phi) is 14.3. The van der Waals surface area contributed by atoms with Crippen molar-refractivity contribution in [3.63, 3.8) is 0 Å². The molecule has 0 N–H and O–H groups in total. The molecule has 12 nitrogen and oxygen atoms in total. The zero-order chi connectivity index (χ0) is 43.1. The van der Waals surface area contributed by atoms with E-state index in [0.29, 0.717) is 6.07 Å². The van der Waals surface area contributed by atoms with Crippen molar-refractivity contribution in [3.05, 3.63) is 103 Å². The van der Waals surface area contributed by atoms with Crippen LogP contribution in [0.1, 0.15) is 62.3 Å². The monoisotopic (exact) mass is 846 g/mol. The van der Waals surface area contributed by atoms with Gasteiger partial charge < -0.3 is 28.4 Å². The summed E-state index contributed by atoms with van der Waals surface area (Å²) in [7, 11) is -9.01. The largest absolute Gasteiger partial charge is 0.482 e. The summed E-state index contributed by atoms with van der Waals surface area (Å²) < 4.78 is 99.3. The third kappa shape index (κ3) is 12.7. The summed E-state index contributed by atoms with van der Waals surface area (Å²) in [6.07, 6.45) is 0. The fraction of sp³-hybridized carbons (Fsp3) is 0.357. The highest BCUT2D eigenvalue weighted by Gasteiger charge is 2.44. The van der Waals surface area contributed by atoms with Crippen LogP contribution < -0.4 is 14.2 Å². The molecule has 0 spiro atoms. The lowest BCUT2D eigenvalue weighted by Gasteiger charge is -2.41. The molecule has 4 rings (SSSR count). The summed E-state index contributed by atoms with van der Waals surface area (Å²) in [5.74, 6) is -5.49. The van der Waals surface area contributed by atoms with Crippen LogP contribution in [0, 0.1) is 11.6 Å². The van der Waals surface area contributed by atoms with Gasteiger partial charge in [-0.3, -0.25) is 0 Å². The van der Waals surface area contributed by atoms with Crippen LogP contribution in [0.3, 0.4) is 0 Å². The second kappa shape index (κ2) is 18.2. The van der Waals surface area contributed by atoms with Gasteiger partial charge in [-0.1, -0.05) is 36.4 Å². The predicted molar refractivity (Wildman–Crippen MR) is 210 cm³/mol. The second-order valence-corrected chi connectivity index (χ2v) is 20.0. The molecule has 0 aliphatic heterocycles. The highest BCUT2D eigenvalue weighted by atomic mass is 32.3. The van der Waals surface area contributed by atoms with Crippen LogP contribution >= 0.6 is 10.3 Å². The Bertz CT molecular complexity index is 2100. The Morgan fingerprint density at radius 1 is 0.552 bits per heavy atom. The van der Waals surface area contributed by atoms with Crippen molar-refractivity contribution >= 4 is 38.3 Å². The third-order valence-corrected chi connectivity index (χ3v) is 12.3. The van der Waals surface area contributed by atoms with Gasteiger partial charge in [0.15, 0.2) is 19.8 Å². The first-order valence-electron chi connectivity index (χ1n) is 18.0. The summed E-state index contributed by atoms with van der Waals surface area (Å²) in [6, 6.07) is 20.4. The van der Waals surface area contributed by atoms with Crippen molar-refractivity contribution in [2.24, 2.45) is 0 Å². The topological polar surface area (TPSA) is 150 Å². The summed E-state index contributed by atoms with van der Waals surface area (Å²) >= 11 is 0. The summed E-state index contributed by atoms with van der Waals surface area (Å²) in [5, 5.41) is 0. The summed E-state index contributed by atoms with van der Waals surface area (Å²) in [5.41, 5.74) is -2.71. The average Bonchev–Trinajstić information content (AvgIpc) is 3.09. The number of halogens is 2. The lowest BCUT2D eigenvalue weighted by atomic mass is 10.2. The first-order chi connectivity index (χ1) is 26.9. The molecule has 4 aromatic rings. The van der Waals surface area contributed by atoms with Gasteiger partial charge in [0.2, 0.25) is 0 Å². The van der Waals surface area contributed by atoms with Crippen LogP contribution in [-0.4, -0.2) is 62.9 Å². The van der Waals surface area contributed by atoms with Crippen molar-refractivity contribution < 1.29 is 63.6 Å². The van der Waals surface area contributed by atoms with E-state index in [0.717, 1.165) is 12.1 Å². The third-order valence-electron chi connectivity index (χ3n) is 7.09. The molecule has 0 radical (unpaired) electrons. The number of ether oxygens (including phenoxy) is 6. The molecule has 0 saturated carbocycles. The molecule has 0 atom stereocenters. The van der Waals surface area contributed by atoms with E-state index < -0.39 is 91.5 Å². The molecule has 0 fully saturated rings. The molecule has 0 aliphatic carbocycles. The Balaban J connectivity index is 2.11. The van der Waals surface area contributed by atoms with E-state index in [4.69, 9.17) is 32.1 Å². The number of hydrogen-bond acceptors (Lipinski definition) is 12. The van der Waals surface area contributed by atoms with Crippen molar-refractivity contribution in [2.45, 2.75) is 98.7 Å². The average molecular weight is 847 g/mol. The van der Waals surface area contributed by atoms with E-state index in [9.17, 15) is 27.2 Å². The molecule has 0 unspecified atom stereocenters. The highest BCUT2D eigenvalue weighted by Crippen LogP contribution is 2.74. The summed E-state index contributed by atoms with van der Waals surface area (Å²) in [6.45, 7) is 12.8. The minimum atomic E-state index is -5.19. The number of hydrogen-bond donors (Lipinski definition) is 0. The maximum Gasteiger partial charge on any atom is 0.344 e. The molecule has 0 aromatic heterocycles. The van der Waals surface area contributed by atoms with Crippen LogP contribution in [0.5, 0.6) is 17.2 Å². The molecule has 0 aliphatic rings. The van der Waals surface area contributed by atoms with Crippen LogP contribution in [-0.2, 0) is 42.3 Å². The maximum atomic E-state index is 15.4. The van der Waals surface area contributed by atoms with Gasteiger partial charge in [-0.2, -0.15) is 8.42 Å². The van der Waals surface area contributed by atoms with E-state index in [-0.39, 0.29) is 31.9 Å². The van der Waals surface area contributed by atoms with Gasteiger partial charge in [-0.15, -0.1) is 0 Å². The molecule has 0 bridgehead atoms. The molecule has 58 heavy (non-hydrogen) atoms. The lowest BCUT2D eigenvalue weighted by Crippen LogP contribution is -2.28. The van der Waals surface area contributed by atoms with Crippen molar-refractivity contribution in [2.75, 3.05) is 19.8 Å². The van der Waals surface area contributed by atoms with Crippen molar-refractivity contribution in [1.82, 2.24) is 0 Å². The van der Waals surface area contributed by atoms with Crippen LogP contribution in [0.15, 0.2) is 111 Å². The molecule has 314 valence electrons. The first kappa shape index (κ1) is 45.5. The van der Waals surface area contributed by atoms with Crippen molar-refractivity contribution in [1.29, 1.82) is 0 Å². The molecule has 0 saturated heterocycles. The van der Waals surface area contributed by atoms with Gasteiger partial charge in [0.1, 0.15) is 55.5 Å². The van der Waals surface area contributed by atoms with Crippen LogP contribution in [0.25, 0.3) is 0 Å². The number of carbonyl (C=O) groups is 3. The molecule has 0 heterocycles. The van der Waals surface area contributed by atoms with E-state index >= 15 is 4.39 Å². The zero-order valence-corrected chi connectivity index (χ0v) is 35.4. The number of benzene rings is 4. The SMILES string of the molecule is CC(C)(C)OC(=O)COc1cc(OCC(=O)OC(C)(C)C)c(S(OS(=O)(=O)c2ccc(F)cc2F)(c2ccccc2)c2ccccc2)c(OCC(=O)OC(C)(C)C)c1. The Morgan fingerprint density at radius 3 is 1.33 bits per heavy atom. The fourth-order valence-electron chi connectivity index (χ4n) is 5.22. The Morgan fingerprint density at radius 2 is 0.948 bits per heavy atom. The highest BCUT2D eigenvalue weighted by molar-refractivity contribution is 8.33. The van der Waals surface area contributed by atoms with Crippen LogP contribution in [0.4, 0.5) is 8.78 Å². The van der Waals surface area contributed by atoms with Crippen LogP contribution in [0.2, 0.25) is 0 Å². The van der Waals surface area contributed by atoms with Gasteiger partial charge in [-0.25, -0.2) is 26.8 Å². The second-order valence-electron chi connectivity index (χ2n) is 15.7. The minimum Gasteiger partial charge on any atom is -0.482 e. The Hall–Kier alpha value is -5.19. The van der Waals surface area contributed by atoms with Gasteiger partial charge in [0.05, 0.1) is 0 Å². The first-order valence-corrected chi connectivity index (χ1v) is 20.9. The summed E-state index contributed by atoms with van der Waals surface area (Å²) in [4.78, 5) is 38.3. The van der Waals surface area contributed by atoms with Gasteiger partial charge in [-0.05, 0) is 109 Å². The van der Waals surface area contributed by atoms with Gasteiger partial charge in [0.25, 0.3) is 0 Å². The molecule has 0 amide bonds. The van der Waals surface area contributed by atoms with E-state index in [1.54, 1.807) is 123 Å². The molecular formula is C42H48F2O12S2. The van der Waals surface area contributed by atoms with E-state index in [2.05, 4.69) is 0 Å². The predicted octanol–water partition coefficient (Wildman–Crippen LogP) is 8.73. The Labute approximate surface area is 339 Å². The number of carbonyl (C=O) groups excluding carboxylic acids is 3. The van der Waals surface area contributed by atoms with Gasteiger partial charge in [0, 0.05) is 28.0 Å². The minimum absolute atomic E-state index is 0.102. The standard InChI is InChI=1S/C42H48F2O12S2/c1-40(2,3)53-36(45)25-50-29-23-33(51-26-37(46)54-41(4,5)6)39(34(24-29)52-27-38(47)55-42(7,8)9)57(30-16-12-10-13-17-30,31-18-14-11-15-19-31)56-58(48,49)35-21-20-28(43)22-32(35)44/h10-24H,25-27H2,1-9H3. The molecular weight excluding hydrogens is 799 g/mol. The fourth-order valence-corrected chi connectivity index (χ4v) is 10.6. The smallest absolute Gasteiger partial charge is 0.344 e. The quantitative estimate of drug-likeness (QED) is 0.0832.